The molecule has 1 aromatic rings. The molecule has 1 aromatic heterocycles. The quantitative estimate of drug-likeness (QED) is 0.757. The minimum Gasteiger partial charge on any atom is -0.395 e. The van der Waals surface area contributed by atoms with E-state index in [4.69, 9.17) is 0 Å². The number of fused-ring (bicyclic) bond motifs is 3. The van der Waals surface area contributed by atoms with Crippen LogP contribution in [0.15, 0.2) is 0 Å². The van der Waals surface area contributed by atoms with Crippen LogP contribution in [0.2, 0.25) is 0 Å². The van der Waals surface area contributed by atoms with Crippen molar-refractivity contribution in [2.45, 2.75) is 32.7 Å². The minimum atomic E-state index is -0.187. The standard InChI is InChI=1S/C21H30N4O4S/c1-3-23-7-4-14(5-8-23)19(28)24-9-6-15-16(12-24)30-21-18(15)20(29)22(2)13-17(27)25(21)10-11-26/h14,26H,3-13H2,1-2H3. The Balaban J connectivity index is 1.57. The molecule has 0 saturated carbocycles. The Morgan fingerprint density at radius 1 is 1.17 bits per heavy atom. The van der Waals surface area contributed by atoms with Gasteiger partial charge in [0.1, 0.15) is 11.5 Å². The second-order valence-corrected chi connectivity index (χ2v) is 9.42. The maximum Gasteiger partial charge on any atom is 0.257 e. The molecule has 1 N–H and O–H groups in total. The van der Waals surface area contributed by atoms with Gasteiger partial charge in [0.15, 0.2) is 0 Å². The highest BCUT2D eigenvalue weighted by Gasteiger charge is 2.38. The Morgan fingerprint density at radius 2 is 1.90 bits per heavy atom. The van der Waals surface area contributed by atoms with Crippen molar-refractivity contribution in [3.8, 4) is 0 Å². The molecule has 4 heterocycles. The summed E-state index contributed by atoms with van der Waals surface area (Å²) < 4.78 is 0. The zero-order valence-electron chi connectivity index (χ0n) is 17.7. The third-order valence-corrected chi connectivity index (χ3v) is 7.78. The molecular formula is C21H30N4O4S. The van der Waals surface area contributed by atoms with Gasteiger partial charge in [0.05, 0.1) is 18.7 Å². The second kappa shape index (κ2) is 8.64. The summed E-state index contributed by atoms with van der Waals surface area (Å²) in [6, 6.07) is 0. The molecule has 0 spiro atoms. The molecular weight excluding hydrogens is 404 g/mol. The number of carbonyl (C=O) groups is 3. The molecule has 0 bridgehead atoms. The van der Waals surface area contributed by atoms with Crippen molar-refractivity contribution in [2.24, 2.45) is 5.92 Å². The number of rotatable bonds is 4. The van der Waals surface area contributed by atoms with Gasteiger partial charge in [0, 0.05) is 30.9 Å². The Morgan fingerprint density at radius 3 is 2.57 bits per heavy atom. The smallest absolute Gasteiger partial charge is 0.257 e. The molecule has 0 aliphatic carbocycles. The summed E-state index contributed by atoms with van der Waals surface area (Å²) in [6.07, 6.45) is 2.43. The van der Waals surface area contributed by atoms with E-state index >= 15 is 0 Å². The molecule has 3 aliphatic heterocycles. The van der Waals surface area contributed by atoms with Crippen LogP contribution in [0, 0.1) is 5.92 Å². The van der Waals surface area contributed by atoms with Gasteiger partial charge < -0.3 is 19.8 Å². The summed E-state index contributed by atoms with van der Waals surface area (Å²) in [4.78, 5) is 47.0. The lowest BCUT2D eigenvalue weighted by Gasteiger charge is -2.35. The van der Waals surface area contributed by atoms with E-state index in [2.05, 4.69) is 11.8 Å². The number of anilines is 1. The molecule has 164 valence electrons. The lowest BCUT2D eigenvalue weighted by Crippen LogP contribution is -2.44. The number of piperidine rings is 1. The van der Waals surface area contributed by atoms with E-state index < -0.39 is 0 Å². The van der Waals surface area contributed by atoms with E-state index in [-0.39, 0.29) is 43.3 Å². The molecule has 3 aliphatic rings. The van der Waals surface area contributed by atoms with Gasteiger partial charge in [-0.3, -0.25) is 19.3 Å². The number of likely N-dealkylation sites (N-methyl/N-ethyl adjacent to an activating group) is 1. The lowest BCUT2D eigenvalue weighted by atomic mass is 9.94. The molecule has 9 heteroatoms. The van der Waals surface area contributed by atoms with Crippen molar-refractivity contribution in [3.05, 3.63) is 16.0 Å². The van der Waals surface area contributed by atoms with Crippen molar-refractivity contribution in [1.29, 1.82) is 0 Å². The van der Waals surface area contributed by atoms with Crippen LogP contribution in [0.3, 0.4) is 0 Å². The van der Waals surface area contributed by atoms with Crippen LogP contribution in [-0.2, 0) is 22.6 Å². The molecule has 0 atom stereocenters. The molecule has 30 heavy (non-hydrogen) atoms. The summed E-state index contributed by atoms with van der Waals surface area (Å²) in [5.41, 5.74) is 1.55. The van der Waals surface area contributed by atoms with Crippen LogP contribution >= 0.6 is 11.3 Å². The van der Waals surface area contributed by atoms with Gasteiger partial charge in [-0.15, -0.1) is 11.3 Å². The van der Waals surface area contributed by atoms with Crippen molar-refractivity contribution in [1.82, 2.24) is 14.7 Å². The van der Waals surface area contributed by atoms with E-state index in [0.717, 1.165) is 42.9 Å². The zero-order valence-corrected chi connectivity index (χ0v) is 18.5. The number of aliphatic hydroxyl groups is 1. The van der Waals surface area contributed by atoms with Crippen LogP contribution in [-0.4, -0.2) is 90.5 Å². The third-order valence-electron chi connectivity index (χ3n) is 6.54. The highest BCUT2D eigenvalue weighted by Crippen LogP contribution is 2.41. The summed E-state index contributed by atoms with van der Waals surface area (Å²) >= 11 is 1.42. The summed E-state index contributed by atoms with van der Waals surface area (Å²) in [5, 5.41) is 10.1. The highest BCUT2D eigenvalue weighted by molar-refractivity contribution is 7.17. The van der Waals surface area contributed by atoms with Gasteiger partial charge in [0.2, 0.25) is 11.8 Å². The first-order valence-electron chi connectivity index (χ1n) is 10.8. The van der Waals surface area contributed by atoms with Crippen molar-refractivity contribution in [3.63, 3.8) is 0 Å². The van der Waals surface area contributed by atoms with E-state index in [1.807, 2.05) is 4.90 Å². The van der Waals surface area contributed by atoms with E-state index in [1.165, 1.54) is 21.1 Å². The fraction of sp³-hybridized carbons (Fsp3) is 0.667. The SMILES string of the molecule is CCN1CCC(C(=O)N2CCc3c(sc4c3C(=O)N(C)CC(=O)N4CCO)C2)CC1. The van der Waals surface area contributed by atoms with E-state index in [9.17, 15) is 19.5 Å². The number of thiophene rings is 1. The van der Waals surface area contributed by atoms with Crippen LogP contribution in [0.1, 0.15) is 40.6 Å². The average Bonchev–Trinajstić information content (AvgIpc) is 3.10. The predicted molar refractivity (Wildman–Crippen MR) is 115 cm³/mol. The predicted octanol–water partition coefficient (Wildman–Crippen LogP) is 0.776. The molecule has 1 saturated heterocycles. The van der Waals surface area contributed by atoms with Crippen LogP contribution in [0.25, 0.3) is 0 Å². The van der Waals surface area contributed by atoms with Crippen LogP contribution < -0.4 is 4.90 Å². The third kappa shape index (κ3) is 3.74. The Kier molecular flexibility index (Phi) is 6.13. The number of likely N-dealkylation sites (tertiary alicyclic amines) is 1. The van der Waals surface area contributed by atoms with Gasteiger partial charge in [0.25, 0.3) is 5.91 Å². The summed E-state index contributed by atoms with van der Waals surface area (Å²) in [5.74, 6) is -0.0463. The molecule has 1 fully saturated rings. The van der Waals surface area contributed by atoms with Crippen LogP contribution in [0.4, 0.5) is 5.00 Å². The lowest BCUT2D eigenvalue weighted by molar-refractivity contribution is -0.138. The van der Waals surface area contributed by atoms with Gasteiger partial charge in [-0.1, -0.05) is 6.92 Å². The minimum absolute atomic E-state index is 0.01000. The van der Waals surface area contributed by atoms with E-state index in [0.29, 0.717) is 30.1 Å². The Hall–Kier alpha value is -1.97. The molecule has 4 rings (SSSR count). The van der Waals surface area contributed by atoms with Gasteiger partial charge in [-0.25, -0.2) is 0 Å². The monoisotopic (exact) mass is 434 g/mol. The number of hydrogen-bond acceptors (Lipinski definition) is 6. The largest absolute Gasteiger partial charge is 0.395 e. The van der Waals surface area contributed by atoms with Gasteiger partial charge >= 0.3 is 0 Å². The normalized spacial score (nSPS) is 21.0. The second-order valence-electron chi connectivity index (χ2n) is 8.33. The first kappa shape index (κ1) is 21.3. The fourth-order valence-electron chi connectivity index (χ4n) is 4.73. The first-order valence-corrected chi connectivity index (χ1v) is 11.6. The highest BCUT2D eigenvalue weighted by atomic mass is 32.1. The molecule has 8 nitrogen and oxygen atoms in total. The molecule has 0 unspecified atom stereocenters. The van der Waals surface area contributed by atoms with Gasteiger partial charge in [-0.2, -0.15) is 0 Å². The first-order chi connectivity index (χ1) is 14.4. The Labute approximate surface area is 181 Å². The number of hydrogen-bond donors (Lipinski definition) is 1. The topological polar surface area (TPSA) is 84.4 Å². The fourth-order valence-corrected chi connectivity index (χ4v) is 6.13. The average molecular weight is 435 g/mol. The van der Waals surface area contributed by atoms with Crippen molar-refractivity contribution >= 4 is 34.1 Å². The maximum atomic E-state index is 13.1. The molecule has 3 amide bonds. The Bertz CT molecular complexity index is 846. The van der Waals surface area contributed by atoms with E-state index in [1.54, 1.807) is 7.05 Å². The van der Waals surface area contributed by atoms with Crippen LogP contribution in [0.5, 0.6) is 0 Å². The summed E-state index contributed by atoms with van der Waals surface area (Å²) in [7, 11) is 1.64. The zero-order chi connectivity index (χ0) is 21.4. The maximum absolute atomic E-state index is 13.1. The molecule has 0 radical (unpaired) electrons. The number of β-amino-alcohol motifs (C(OH)–C–C–N with tert-alkyl or cyclic N) is 1. The van der Waals surface area contributed by atoms with Crippen molar-refractivity contribution in [2.75, 3.05) is 57.8 Å². The van der Waals surface area contributed by atoms with Gasteiger partial charge in [-0.05, 0) is 44.5 Å². The molecule has 0 aromatic carbocycles. The number of amides is 3. The summed E-state index contributed by atoms with van der Waals surface area (Å²) in [6.45, 7) is 6.25. The number of nitrogens with zero attached hydrogens (tertiary/aromatic N) is 4. The number of carbonyl (C=O) groups excluding carboxylic acids is 3. The van der Waals surface area contributed by atoms with Crippen molar-refractivity contribution < 1.29 is 19.5 Å². The number of aliphatic hydroxyl groups excluding tert-OH is 1.